The number of piperazine rings is 1. The van der Waals surface area contributed by atoms with E-state index in [4.69, 9.17) is 0 Å². The predicted octanol–water partition coefficient (Wildman–Crippen LogP) is 1.50. The van der Waals surface area contributed by atoms with Crippen molar-refractivity contribution in [3.05, 3.63) is 47.5 Å². The highest BCUT2D eigenvalue weighted by Gasteiger charge is 2.18. The van der Waals surface area contributed by atoms with Gasteiger partial charge in [0.2, 0.25) is 0 Å². The molecule has 0 radical (unpaired) electrons. The second-order valence-corrected chi connectivity index (χ2v) is 6.68. The molecule has 0 atom stereocenters. The van der Waals surface area contributed by atoms with Gasteiger partial charge in [-0.25, -0.2) is 0 Å². The Labute approximate surface area is 147 Å². The SMILES string of the molecule is Cc1cnc(CCN2CCN(c3ccc4nncn4n3)CC2)c(C)c1. The normalized spacial score (nSPS) is 15.8. The van der Waals surface area contributed by atoms with Crippen molar-refractivity contribution in [1.29, 1.82) is 0 Å². The molecule has 1 fully saturated rings. The molecule has 0 unspecified atom stereocenters. The predicted molar refractivity (Wildman–Crippen MR) is 96.9 cm³/mol. The van der Waals surface area contributed by atoms with Gasteiger partial charge in [-0.05, 0) is 37.1 Å². The van der Waals surface area contributed by atoms with E-state index >= 15 is 0 Å². The monoisotopic (exact) mass is 337 g/mol. The maximum Gasteiger partial charge on any atom is 0.177 e. The summed E-state index contributed by atoms with van der Waals surface area (Å²) in [6.07, 6.45) is 4.62. The van der Waals surface area contributed by atoms with Crippen LogP contribution >= 0.6 is 0 Å². The Morgan fingerprint density at radius 2 is 1.92 bits per heavy atom. The molecule has 0 amide bonds. The van der Waals surface area contributed by atoms with Gasteiger partial charge in [0.05, 0.1) is 0 Å². The van der Waals surface area contributed by atoms with Crippen LogP contribution in [0.3, 0.4) is 0 Å². The molecule has 3 aromatic heterocycles. The van der Waals surface area contributed by atoms with Crippen molar-refractivity contribution in [3.8, 4) is 0 Å². The van der Waals surface area contributed by atoms with Crippen molar-refractivity contribution < 1.29 is 0 Å². The molecule has 0 aliphatic carbocycles. The van der Waals surface area contributed by atoms with Crippen LogP contribution < -0.4 is 4.90 Å². The van der Waals surface area contributed by atoms with Crippen molar-refractivity contribution in [2.45, 2.75) is 20.3 Å². The molecule has 0 spiro atoms. The number of aromatic nitrogens is 5. The zero-order valence-electron chi connectivity index (χ0n) is 14.8. The van der Waals surface area contributed by atoms with E-state index in [0.717, 1.165) is 50.6 Å². The van der Waals surface area contributed by atoms with Gasteiger partial charge in [-0.15, -0.1) is 15.3 Å². The summed E-state index contributed by atoms with van der Waals surface area (Å²) in [5.41, 5.74) is 4.52. The minimum atomic E-state index is 0.781. The van der Waals surface area contributed by atoms with Gasteiger partial charge in [-0.1, -0.05) is 6.07 Å². The van der Waals surface area contributed by atoms with E-state index in [0.29, 0.717) is 0 Å². The highest BCUT2D eigenvalue weighted by atomic mass is 15.4. The van der Waals surface area contributed by atoms with Gasteiger partial charge in [-0.3, -0.25) is 9.88 Å². The standard InChI is InChI=1S/C18H23N7/c1-14-11-15(2)16(19-12-14)5-6-23-7-9-24(10-8-23)18-4-3-17-21-20-13-25(17)22-18/h3-4,11-13H,5-10H2,1-2H3. The van der Waals surface area contributed by atoms with Crippen LogP contribution in [0.5, 0.6) is 0 Å². The van der Waals surface area contributed by atoms with Crippen molar-refractivity contribution in [1.82, 2.24) is 29.7 Å². The fraction of sp³-hybridized carbons (Fsp3) is 0.444. The maximum absolute atomic E-state index is 4.59. The zero-order chi connectivity index (χ0) is 17.2. The van der Waals surface area contributed by atoms with Crippen molar-refractivity contribution >= 4 is 11.5 Å². The molecular formula is C18H23N7. The first kappa shape index (κ1) is 16.0. The molecule has 25 heavy (non-hydrogen) atoms. The van der Waals surface area contributed by atoms with Gasteiger partial charge in [-0.2, -0.15) is 4.52 Å². The zero-order valence-corrected chi connectivity index (χ0v) is 14.8. The largest absolute Gasteiger partial charge is 0.353 e. The molecule has 0 aromatic carbocycles. The lowest BCUT2D eigenvalue weighted by Gasteiger charge is -2.35. The van der Waals surface area contributed by atoms with Crippen LogP contribution in [0.15, 0.2) is 30.7 Å². The van der Waals surface area contributed by atoms with E-state index in [2.05, 4.69) is 50.0 Å². The topological polar surface area (TPSA) is 62.5 Å². The first-order chi connectivity index (χ1) is 12.2. The highest BCUT2D eigenvalue weighted by molar-refractivity contribution is 5.45. The van der Waals surface area contributed by atoms with E-state index in [1.165, 1.54) is 16.8 Å². The second-order valence-electron chi connectivity index (χ2n) is 6.68. The third-order valence-corrected chi connectivity index (χ3v) is 4.83. The third-order valence-electron chi connectivity index (χ3n) is 4.83. The van der Waals surface area contributed by atoms with Crippen molar-refractivity contribution in [3.63, 3.8) is 0 Å². The lowest BCUT2D eigenvalue weighted by molar-refractivity contribution is 0.259. The Bertz CT molecular complexity index is 865. The summed E-state index contributed by atoms with van der Waals surface area (Å²) >= 11 is 0. The van der Waals surface area contributed by atoms with Crippen LogP contribution in [-0.4, -0.2) is 62.4 Å². The van der Waals surface area contributed by atoms with Crippen LogP contribution in [0, 0.1) is 13.8 Å². The molecule has 130 valence electrons. The maximum atomic E-state index is 4.59. The van der Waals surface area contributed by atoms with E-state index in [1.54, 1.807) is 10.8 Å². The Morgan fingerprint density at radius 3 is 2.72 bits per heavy atom. The number of fused-ring (bicyclic) bond motifs is 1. The number of hydrogen-bond donors (Lipinski definition) is 0. The van der Waals surface area contributed by atoms with Crippen LogP contribution in [0.2, 0.25) is 0 Å². The average molecular weight is 337 g/mol. The first-order valence-electron chi connectivity index (χ1n) is 8.75. The number of hydrogen-bond acceptors (Lipinski definition) is 6. The molecule has 0 N–H and O–H groups in total. The summed E-state index contributed by atoms with van der Waals surface area (Å²) in [7, 11) is 0. The first-order valence-corrected chi connectivity index (χ1v) is 8.75. The Kier molecular flexibility index (Phi) is 4.31. The van der Waals surface area contributed by atoms with Gasteiger partial charge >= 0.3 is 0 Å². The Balaban J connectivity index is 1.33. The van der Waals surface area contributed by atoms with Gasteiger partial charge in [0.25, 0.3) is 0 Å². The second kappa shape index (κ2) is 6.76. The highest BCUT2D eigenvalue weighted by Crippen LogP contribution is 2.15. The van der Waals surface area contributed by atoms with Gasteiger partial charge in [0.15, 0.2) is 5.65 Å². The molecule has 0 saturated carbocycles. The smallest absolute Gasteiger partial charge is 0.177 e. The van der Waals surface area contributed by atoms with Crippen LogP contribution in [0.1, 0.15) is 16.8 Å². The fourth-order valence-electron chi connectivity index (χ4n) is 3.36. The van der Waals surface area contributed by atoms with Crippen molar-refractivity contribution in [2.24, 2.45) is 0 Å². The summed E-state index contributed by atoms with van der Waals surface area (Å²) in [5, 5.41) is 12.5. The van der Waals surface area contributed by atoms with E-state index in [-0.39, 0.29) is 0 Å². The van der Waals surface area contributed by atoms with Crippen molar-refractivity contribution in [2.75, 3.05) is 37.6 Å². The van der Waals surface area contributed by atoms with Crippen LogP contribution in [0.4, 0.5) is 5.82 Å². The number of aryl methyl sites for hydroxylation is 2. The number of pyridine rings is 1. The molecular weight excluding hydrogens is 314 g/mol. The molecule has 4 rings (SSSR count). The van der Waals surface area contributed by atoms with Gasteiger partial charge in [0, 0.05) is 51.0 Å². The molecule has 3 aromatic rings. The number of nitrogens with zero attached hydrogens (tertiary/aromatic N) is 7. The van der Waals surface area contributed by atoms with Crippen LogP contribution in [0.25, 0.3) is 5.65 Å². The summed E-state index contributed by atoms with van der Waals surface area (Å²) in [6, 6.07) is 6.21. The fourth-order valence-corrected chi connectivity index (χ4v) is 3.36. The number of rotatable bonds is 4. The summed E-state index contributed by atoms with van der Waals surface area (Å²) in [6.45, 7) is 9.37. The van der Waals surface area contributed by atoms with E-state index < -0.39 is 0 Å². The van der Waals surface area contributed by atoms with Gasteiger partial charge < -0.3 is 4.90 Å². The lowest BCUT2D eigenvalue weighted by atomic mass is 10.1. The summed E-state index contributed by atoms with van der Waals surface area (Å²) < 4.78 is 1.73. The summed E-state index contributed by atoms with van der Waals surface area (Å²) in [4.78, 5) is 9.42. The van der Waals surface area contributed by atoms with E-state index in [9.17, 15) is 0 Å². The molecule has 1 saturated heterocycles. The number of anilines is 1. The molecule has 7 heteroatoms. The lowest BCUT2D eigenvalue weighted by Crippen LogP contribution is -2.47. The molecule has 0 bridgehead atoms. The molecule has 1 aliphatic heterocycles. The molecule has 1 aliphatic rings. The van der Waals surface area contributed by atoms with Crippen LogP contribution in [-0.2, 0) is 6.42 Å². The quantitative estimate of drug-likeness (QED) is 0.719. The minimum Gasteiger partial charge on any atom is -0.353 e. The average Bonchev–Trinajstić information content (AvgIpc) is 3.09. The third kappa shape index (κ3) is 3.46. The van der Waals surface area contributed by atoms with E-state index in [1.807, 2.05) is 18.3 Å². The molecule has 7 nitrogen and oxygen atoms in total. The van der Waals surface area contributed by atoms with Gasteiger partial charge in [0.1, 0.15) is 12.1 Å². The minimum absolute atomic E-state index is 0.781. The Morgan fingerprint density at radius 1 is 1.08 bits per heavy atom. The molecule has 4 heterocycles. The summed E-state index contributed by atoms with van der Waals surface area (Å²) in [5.74, 6) is 0.989. The Hall–Kier alpha value is -2.54.